The fraction of sp³-hybridized carbons (Fsp3) is 0.533. The van der Waals surface area contributed by atoms with Gasteiger partial charge in [-0.15, -0.1) is 0 Å². The van der Waals surface area contributed by atoms with E-state index in [1.54, 1.807) is 0 Å². The van der Waals surface area contributed by atoms with E-state index in [1.165, 1.54) is 7.11 Å². The van der Waals surface area contributed by atoms with E-state index in [2.05, 4.69) is 10.4 Å². The predicted octanol–water partition coefficient (Wildman–Crippen LogP) is 1.64. The standard InChI is InChI=1S/C15H22N2O3/c1-3-13(16-19-2)15(18)12-6-4-5-7-14(12)17-8-10-20-11-9-17/h4-7,13,16H,3,8-11H2,1-2H3. The van der Waals surface area contributed by atoms with E-state index in [1.807, 2.05) is 31.2 Å². The topological polar surface area (TPSA) is 50.8 Å². The lowest BCUT2D eigenvalue weighted by Crippen LogP contribution is -2.39. The molecule has 0 radical (unpaired) electrons. The summed E-state index contributed by atoms with van der Waals surface area (Å²) < 4.78 is 5.37. The molecule has 1 aliphatic heterocycles. The van der Waals surface area contributed by atoms with Crippen LogP contribution in [0.4, 0.5) is 5.69 Å². The molecule has 0 spiro atoms. The number of carbonyl (C=O) groups excluding carboxylic acids is 1. The van der Waals surface area contributed by atoms with Crippen molar-refractivity contribution < 1.29 is 14.4 Å². The molecule has 1 heterocycles. The minimum absolute atomic E-state index is 0.0661. The average molecular weight is 278 g/mol. The number of rotatable bonds is 6. The van der Waals surface area contributed by atoms with Gasteiger partial charge in [0.2, 0.25) is 0 Å². The summed E-state index contributed by atoms with van der Waals surface area (Å²) in [6.45, 7) is 5.01. The minimum atomic E-state index is -0.317. The fourth-order valence-electron chi connectivity index (χ4n) is 2.41. The van der Waals surface area contributed by atoms with E-state index < -0.39 is 0 Å². The minimum Gasteiger partial charge on any atom is -0.378 e. The summed E-state index contributed by atoms with van der Waals surface area (Å²) in [4.78, 5) is 19.8. The lowest BCUT2D eigenvalue weighted by Gasteiger charge is -2.30. The summed E-state index contributed by atoms with van der Waals surface area (Å²) in [5.74, 6) is 0.0661. The van der Waals surface area contributed by atoms with Gasteiger partial charge in [0.1, 0.15) is 0 Å². The van der Waals surface area contributed by atoms with E-state index >= 15 is 0 Å². The summed E-state index contributed by atoms with van der Waals surface area (Å²) in [6.07, 6.45) is 0.685. The zero-order valence-corrected chi connectivity index (χ0v) is 12.1. The van der Waals surface area contributed by atoms with Crippen molar-refractivity contribution in [1.82, 2.24) is 5.48 Å². The molecule has 20 heavy (non-hydrogen) atoms. The number of ketones is 1. The number of morpholine rings is 1. The second-order valence-electron chi connectivity index (χ2n) is 4.76. The number of para-hydroxylation sites is 1. The second-order valence-corrected chi connectivity index (χ2v) is 4.76. The molecule has 0 bridgehead atoms. The highest BCUT2D eigenvalue weighted by Gasteiger charge is 2.23. The molecule has 1 atom stereocenters. The number of nitrogens with zero attached hydrogens (tertiary/aromatic N) is 1. The van der Waals surface area contributed by atoms with Gasteiger partial charge in [0, 0.05) is 24.3 Å². The zero-order chi connectivity index (χ0) is 14.4. The summed E-state index contributed by atoms with van der Waals surface area (Å²) in [5, 5.41) is 0. The Labute approximate surface area is 119 Å². The van der Waals surface area contributed by atoms with E-state index in [0.717, 1.165) is 24.3 Å². The Balaban J connectivity index is 2.24. The molecular formula is C15H22N2O3. The molecule has 1 aromatic carbocycles. The molecule has 5 heteroatoms. The first-order chi connectivity index (χ1) is 9.77. The van der Waals surface area contributed by atoms with Gasteiger partial charge in [-0.05, 0) is 18.6 Å². The number of benzene rings is 1. The maximum absolute atomic E-state index is 12.6. The summed E-state index contributed by atoms with van der Waals surface area (Å²) >= 11 is 0. The largest absolute Gasteiger partial charge is 0.378 e. The van der Waals surface area contributed by atoms with Crippen molar-refractivity contribution >= 4 is 11.5 Å². The highest BCUT2D eigenvalue weighted by atomic mass is 16.6. The van der Waals surface area contributed by atoms with Crippen LogP contribution < -0.4 is 10.4 Å². The third-order valence-electron chi connectivity index (χ3n) is 3.51. The normalized spacial score (nSPS) is 17.0. The molecular weight excluding hydrogens is 256 g/mol. The Bertz CT molecular complexity index is 444. The number of ether oxygens (including phenoxy) is 1. The van der Waals surface area contributed by atoms with Crippen molar-refractivity contribution in [3.05, 3.63) is 29.8 Å². The first-order valence-corrected chi connectivity index (χ1v) is 7.02. The van der Waals surface area contributed by atoms with Crippen LogP contribution in [0.5, 0.6) is 0 Å². The molecule has 1 N–H and O–H groups in total. The SMILES string of the molecule is CCC(NOC)C(=O)c1ccccc1N1CCOCC1. The van der Waals surface area contributed by atoms with Crippen LogP contribution in [0.2, 0.25) is 0 Å². The van der Waals surface area contributed by atoms with Crippen LogP contribution in [0.15, 0.2) is 24.3 Å². The monoisotopic (exact) mass is 278 g/mol. The summed E-state index contributed by atoms with van der Waals surface area (Å²) in [7, 11) is 1.53. The molecule has 0 saturated carbocycles. The van der Waals surface area contributed by atoms with Crippen LogP contribution in [-0.2, 0) is 9.57 Å². The van der Waals surface area contributed by atoms with Gasteiger partial charge in [-0.2, -0.15) is 5.48 Å². The van der Waals surface area contributed by atoms with Gasteiger partial charge >= 0.3 is 0 Å². The molecule has 1 saturated heterocycles. The van der Waals surface area contributed by atoms with E-state index in [9.17, 15) is 4.79 Å². The Hall–Kier alpha value is -1.43. The van der Waals surface area contributed by atoms with Gasteiger partial charge in [0.15, 0.2) is 5.78 Å². The Kier molecular flexibility index (Phi) is 5.52. The lowest BCUT2D eigenvalue weighted by molar-refractivity contribution is 0.0502. The number of Topliss-reactive ketones (excluding diaryl/α,β-unsaturated/α-hetero) is 1. The first-order valence-electron chi connectivity index (χ1n) is 7.02. The van der Waals surface area contributed by atoms with Gasteiger partial charge < -0.3 is 14.5 Å². The molecule has 5 nitrogen and oxygen atoms in total. The van der Waals surface area contributed by atoms with Crippen molar-refractivity contribution in [2.45, 2.75) is 19.4 Å². The van der Waals surface area contributed by atoms with Crippen LogP contribution in [0.3, 0.4) is 0 Å². The number of nitrogens with one attached hydrogen (secondary N) is 1. The first kappa shape index (κ1) is 15.0. The highest BCUT2D eigenvalue weighted by Crippen LogP contribution is 2.23. The van der Waals surface area contributed by atoms with Gasteiger partial charge in [0.05, 0.1) is 26.4 Å². The number of hydroxylamine groups is 1. The van der Waals surface area contributed by atoms with Crippen LogP contribution in [-0.4, -0.2) is 45.2 Å². The molecule has 1 aromatic rings. The average Bonchev–Trinajstić information content (AvgIpc) is 2.53. The molecule has 1 fully saturated rings. The Morgan fingerprint density at radius 2 is 2.10 bits per heavy atom. The van der Waals surface area contributed by atoms with Gasteiger partial charge in [0.25, 0.3) is 0 Å². The summed E-state index contributed by atoms with van der Waals surface area (Å²) in [6, 6.07) is 7.43. The second kappa shape index (κ2) is 7.38. The molecule has 0 aliphatic carbocycles. The number of hydrogen-bond donors (Lipinski definition) is 1. The van der Waals surface area contributed by atoms with E-state index in [0.29, 0.717) is 19.6 Å². The quantitative estimate of drug-likeness (QED) is 0.633. The van der Waals surface area contributed by atoms with E-state index in [4.69, 9.17) is 9.57 Å². The van der Waals surface area contributed by atoms with Gasteiger partial charge in [-0.1, -0.05) is 19.1 Å². The van der Waals surface area contributed by atoms with Crippen LogP contribution in [0.1, 0.15) is 23.7 Å². The maximum Gasteiger partial charge on any atom is 0.184 e. The Morgan fingerprint density at radius 3 is 2.75 bits per heavy atom. The van der Waals surface area contributed by atoms with Gasteiger partial charge in [-0.25, -0.2) is 0 Å². The van der Waals surface area contributed by atoms with Crippen molar-refractivity contribution in [1.29, 1.82) is 0 Å². The van der Waals surface area contributed by atoms with Crippen molar-refractivity contribution in [2.75, 3.05) is 38.3 Å². The fourth-order valence-corrected chi connectivity index (χ4v) is 2.41. The lowest BCUT2D eigenvalue weighted by atomic mass is 10.00. The molecule has 1 unspecified atom stereocenters. The van der Waals surface area contributed by atoms with Gasteiger partial charge in [-0.3, -0.25) is 4.79 Å². The van der Waals surface area contributed by atoms with Crippen molar-refractivity contribution in [2.24, 2.45) is 0 Å². The predicted molar refractivity (Wildman–Crippen MR) is 78.0 cm³/mol. The van der Waals surface area contributed by atoms with Crippen molar-refractivity contribution in [3.8, 4) is 0 Å². The highest BCUT2D eigenvalue weighted by molar-refractivity contribution is 6.04. The zero-order valence-electron chi connectivity index (χ0n) is 12.1. The molecule has 1 aliphatic rings. The van der Waals surface area contributed by atoms with Crippen LogP contribution in [0.25, 0.3) is 0 Å². The van der Waals surface area contributed by atoms with E-state index in [-0.39, 0.29) is 11.8 Å². The molecule has 0 aromatic heterocycles. The summed E-state index contributed by atoms with van der Waals surface area (Å²) in [5.41, 5.74) is 4.49. The number of carbonyl (C=O) groups is 1. The molecule has 2 rings (SSSR count). The van der Waals surface area contributed by atoms with Crippen LogP contribution in [0, 0.1) is 0 Å². The van der Waals surface area contributed by atoms with Crippen molar-refractivity contribution in [3.63, 3.8) is 0 Å². The smallest absolute Gasteiger partial charge is 0.184 e. The number of hydrogen-bond acceptors (Lipinski definition) is 5. The third kappa shape index (κ3) is 3.36. The molecule has 110 valence electrons. The van der Waals surface area contributed by atoms with Crippen LogP contribution >= 0.6 is 0 Å². The number of anilines is 1. The molecule has 0 amide bonds. The maximum atomic E-state index is 12.6. The third-order valence-corrected chi connectivity index (χ3v) is 3.51. The Morgan fingerprint density at radius 1 is 1.40 bits per heavy atom.